The van der Waals surface area contributed by atoms with Gasteiger partial charge in [0.1, 0.15) is 5.15 Å². The van der Waals surface area contributed by atoms with Crippen molar-refractivity contribution in [2.24, 2.45) is 5.92 Å². The van der Waals surface area contributed by atoms with Crippen LogP contribution in [0.1, 0.15) is 25.8 Å². The van der Waals surface area contributed by atoms with Crippen molar-refractivity contribution < 1.29 is 4.74 Å². The Labute approximate surface area is 90.3 Å². The molecule has 1 heterocycles. The van der Waals surface area contributed by atoms with Gasteiger partial charge in [0, 0.05) is 5.56 Å². The monoisotopic (exact) mass is 213 g/mol. The third-order valence-electron chi connectivity index (χ3n) is 2.09. The lowest BCUT2D eigenvalue weighted by Gasteiger charge is -2.08. The molecule has 0 bridgehead atoms. The van der Waals surface area contributed by atoms with Gasteiger partial charge in [0.15, 0.2) is 0 Å². The molecule has 0 atom stereocenters. The molecule has 0 N–H and O–H groups in total. The van der Waals surface area contributed by atoms with Crippen LogP contribution in [-0.2, 0) is 6.42 Å². The van der Waals surface area contributed by atoms with Gasteiger partial charge in [-0.2, -0.15) is 0 Å². The van der Waals surface area contributed by atoms with Crippen molar-refractivity contribution in [3.8, 4) is 5.88 Å². The van der Waals surface area contributed by atoms with E-state index in [2.05, 4.69) is 18.8 Å². The van der Waals surface area contributed by atoms with E-state index >= 15 is 0 Å². The molecule has 0 aliphatic heterocycles. The molecule has 2 nitrogen and oxygen atoms in total. The Balaban J connectivity index is 2.75. The third-order valence-corrected chi connectivity index (χ3v) is 2.30. The Morgan fingerprint density at radius 2 is 2.14 bits per heavy atom. The highest BCUT2D eigenvalue weighted by atomic mass is 35.5. The molecule has 3 heteroatoms. The first-order valence-electron chi connectivity index (χ1n) is 4.83. The lowest BCUT2D eigenvalue weighted by atomic mass is 10.0. The van der Waals surface area contributed by atoms with Crippen molar-refractivity contribution in [1.82, 2.24) is 4.98 Å². The van der Waals surface area contributed by atoms with Gasteiger partial charge in [-0.3, -0.25) is 0 Å². The highest BCUT2D eigenvalue weighted by Crippen LogP contribution is 2.21. The summed E-state index contributed by atoms with van der Waals surface area (Å²) in [6.07, 6.45) is 2.13. The molecule has 1 rings (SSSR count). The maximum atomic E-state index is 5.77. The van der Waals surface area contributed by atoms with Crippen LogP contribution in [0.25, 0.3) is 0 Å². The lowest BCUT2D eigenvalue weighted by Crippen LogP contribution is -1.98. The number of aromatic nitrogens is 1. The molecule has 0 amide bonds. The van der Waals surface area contributed by atoms with Gasteiger partial charge in [-0.05, 0) is 24.8 Å². The van der Waals surface area contributed by atoms with Crippen molar-refractivity contribution in [1.29, 1.82) is 0 Å². The average molecular weight is 214 g/mol. The van der Waals surface area contributed by atoms with Crippen LogP contribution < -0.4 is 4.74 Å². The molecule has 0 radical (unpaired) electrons. The summed E-state index contributed by atoms with van der Waals surface area (Å²) in [5.74, 6) is 1.34. The van der Waals surface area contributed by atoms with Crippen LogP contribution in [0, 0.1) is 5.92 Å². The second-order valence-electron chi connectivity index (χ2n) is 3.73. The van der Waals surface area contributed by atoms with E-state index in [-0.39, 0.29) is 0 Å². The fourth-order valence-corrected chi connectivity index (χ4v) is 1.40. The molecule has 0 aliphatic rings. The molecule has 1 aromatic rings. The molecule has 0 fully saturated rings. The molecule has 0 unspecified atom stereocenters. The molecular formula is C11H16ClNO. The maximum Gasteiger partial charge on any atom is 0.217 e. The van der Waals surface area contributed by atoms with Gasteiger partial charge in [0.2, 0.25) is 5.88 Å². The number of nitrogens with zero attached hydrogens (tertiary/aromatic N) is 1. The minimum absolute atomic E-state index is 0.482. The van der Waals surface area contributed by atoms with E-state index in [1.54, 1.807) is 13.2 Å². The Kier molecular flexibility index (Phi) is 4.21. The molecule has 78 valence electrons. The van der Waals surface area contributed by atoms with Crippen molar-refractivity contribution >= 4 is 11.6 Å². The number of hydrogen-bond acceptors (Lipinski definition) is 2. The largest absolute Gasteiger partial charge is 0.481 e. The molecule has 0 spiro atoms. The summed E-state index contributed by atoms with van der Waals surface area (Å²) in [6, 6.07) is 3.79. The number of rotatable bonds is 4. The van der Waals surface area contributed by atoms with E-state index in [4.69, 9.17) is 16.3 Å². The van der Waals surface area contributed by atoms with Gasteiger partial charge in [0.25, 0.3) is 0 Å². The first-order chi connectivity index (χ1) is 6.63. The quantitative estimate of drug-likeness (QED) is 0.716. The minimum atomic E-state index is 0.482. The topological polar surface area (TPSA) is 22.1 Å². The molecule has 0 saturated heterocycles. The molecule has 1 aromatic heterocycles. The van der Waals surface area contributed by atoms with Gasteiger partial charge >= 0.3 is 0 Å². The zero-order valence-corrected chi connectivity index (χ0v) is 9.64. The maximum absolute atomic E-state index is 5.77. The molecule has 0 saturated carbocycles. The molecule has 0 aromatic carbocycles. The van der Waals surface area contributed by atoms with Crippen LogP contribution in [0.4, 0.5) is 0 Å². The van der Waals surface area contributed by atoms with Crippen LogP contribution in [0.5, 0.6) is 5.88 Å². The summed E-state index contributed by atoms with van der Waals surface area (Å²) >= 11 is 5.77. The first-order valence-corrected chi connectivity index (χ1v) is 5.20. The van der Waals surface area contributed by atoms with Crippen LogP contribution in [0.15, 0.2) is 12.1 Å². The van der Waals surface area contributed by atoms with Gasteiger partial charge in [-0.1, -0.05) is 31.5 Å². The summed E-state index contributed by atoms with van der Waals surface area (Å²) in [7, 11) is 1.62. The zero-order valence-electron chi connectivity index (χ0n) is 8.88. The van der Waals surface area contributed by atoms with E-state index < -0.39 is 0 Å². The van der Waals surface area contributed by atoms with E-state index in [1.807, 2.05) is 6.07 Å². The Hall–Kier alpha value is -0.760. The molecule has 0 aliphatic carbocycles. The Morgan fingerprint density at radius 3 is 2.71 bits per heavy atom. The van der Waals surface area contributed by atoms with Crippen LogP contribution in [0.3, 0.4) is 0 Å². The number of pyridine rings is 1. The lowest BCUT2D eigenvalue weighted by molar-refractivity contribution is 0.390. The van der Waals surface area contributed by atoms with E-state index in [0.717, 1.165) is 18.4 Å². The smallest absolute Gasteiger partial charge is 0.217 e. The molecule has 14 heavy (non-hydrogen) atoms. The summed E-state index contributed by atoms with van der Waals surface area (Å²) in [5.41, 5.74) is 1.13. The standard InChI is InChI=1S/C11H16ClNO/c1-8(2)4-5-9-6-7-10(12)13-11(9)14-3/h6-8H,4-5H2,1-3H3. The van der Waals surface area contributed by atoms with Crippen molar-refractivity contribution in [3.05, 3.63) is 22.8 Å². The van der Waals surface area contributed by atoms with Crippen LogP contribution in [-0.4, -0.2) is 12.1 Å². The summed E-state index contributed by atoms with van der Waals surface area (Å²) in [5, 5.41) is 0.482. The van der Waals surface area contributed by atoms with Crippen molar-refractivity contribution in [2.75, 3.05) is 7.11 Å². The highest BCUT2D eigenvalue weighted by molar-refractivity contribution is 6.29. The number of hydrogen-bond donors (Lipinski definition) is 0. The SMILES string of the molecule is COc1nc(Cl)ccc1CCC(C)C. The van der Waals surface area contributed by atoms with Crippen LogP contribution in [0.2, 0.25) is 5.15 Å². The number of halogens is 1. The van der Waals surface area contributed by atoms with E-state index in [9.17, 15) is 0 Å². The average Bonchev–Trinajstić information content (AvgIpc) is 2.15. The van der Waals surface area contributed by atoms with Crippen LogP contribution >= 0.6 is 11.6 Å². The first kappa shape index (κ1) is 11.3. The Bertz CT molecular complexity index is 299. The third kappa shape index (κ3) is 3.18. The molecular weight excluding hydrogens is 198 g/mol. The minimum Gasteiger partial charge on any atom is -0.481 e. The van der Waals surface area contributed by atoms with Gasteiger partial charge < -0.3 is 4.74 Å². The predicted octanol–water partition coefficient (Wildman–Crippen LogP) is 3.33. The van der Waals surface area contributed by atoms with E-state index in [0.29, 0.717) is 17.0 Å². The summed E-state index contributed by atoms with van der Waals surface area (Å²) in [4.78, 5) is 4.11. The van der Waals surface area contributed by atoms with Gasteiger partial charge in [0.05, 0.1) is 7.11 Å². The fourth-order valence-electron chi connectivity index (χ4n) is 1.26. The van der Waals surface area contributed by atoms with Gasteiger partial charge in [-0.25, -0.2) is 4.98 Å². The predicted molar refractivity (Wildman–Crippen MR) is 59.0 cm³/mol. The second-order valence-corrected chi connectivity index (χ2v) is 4.12. The summed E-state index contributed by atoms with van der Waals surface area (Å²) in [6.45, 7) is 4.41. The summed E-state index contributed by atoms with van der Waals surface area (Å²) < 4.78 is 5.16. The number of ether oxygens (including phenoxy) is 1. The second kappa shape index (κ2) is 5.20. The highest BCUT2D eigenvalue weighted by Gasteiger charge is 2.06. The van der Waals surface area contributed by atoms with Crippen molar-refractivity contribution in [3.63, 3.8) is 0 Å². The van der Waals surface area contributed by atoms with Crippen molar-refractivity contribution in [2.45, 2.75) is 26.7 Å². The number of aryl methyl sites for hydroxylation is 1. The normalized spacial score (nSPS) is 10.6. The fraction of sp³-hybridized carbons (Fsp3) is 0.545. The Morgan fingerprint density at radius 1 is 1.43 bits per heavy atom. The number of methoxy groups -OCH3 is 1. The van der Waals surface area contributed by atoms with E-state index in [1.165, 1.54) is 0 Å². The van der Waals surface area contributed by atoms with Gasteiger partial charge in [-0.15, -0.1) is 0 Å². The zero-order chi connectivity index (χ0) is 10.6.